The number of hydrogen-bond acceptors (Lipinski definition) is 2. The zero-order chi connectivity index (χ0) is 15.6. The summed E-state index contributed by atoms with van der Waals surface area (Å²) >= 11 is 0. The van der Waals surface area contributed by atoms with Crippen LogP contribution >= 0.6 is 0 Å². The molecule has 2 N–H and O–H groups in total. The first-order valence-electron chi connectivity index (χ1n) is 8.18. The summed E-state index contributed by atoms with van der Waals surface area (Å²) in [6, 6.07) is 20.4. The highest BCUT2D eigenvalue weighted by atomic mass is 16.3. The first kappa shape index (κ1) is 16.7. The second-order valence-corrected chi connectivity index (χ2v) is 5.93. The number of hydrogen-bond donors (Lipinski definition) is 2. The zero-order valence-corrected chi connectivity index (χ0v) is 13.1. The first-order chi connectivity index (χ1) is 10.7. The highest BCUT2D eigenvalue weighted by Crippen LogP contribution is 2.13. The quantitative estimate of drug-likeness (QED) is 0.740. The van der Waals surface area contributed by atoms with Crippen molar-refractivity contribution in [1.82, 2.24) is 0 Å². The molecule has 0 bridgehead atoms. The standard InChI is InChI=1S/C20H26O2/c21-19(13-11-17-7-3-1-4-8-17)15-16-20(22)14-12-18-9-5-2-6-10-18/h1-10,19-22H,11-16H2. The van der Waals surface area contributed by atoms with Crippen molar-refractivity contribution in [3.8, 4) is 0 Å². The average Bonchev–Trinajstić information content (AvgIpc) is 2.58. The van der Waals surface area contributed by atoms with Gasteiger partial charge in [-0.15, -0.1) is 0 Å². The van der Waals surface area contributed by atoms with Crippen LogP contribution in [0.1, 0.15) is 36.8 Å². The second kappa shape index (κ2) is 9.39. The highest BCUT2D eigenvalue weighted by Gasteiger charge is 2.10. The van der Waals surface area contributed by atoms with Crippen LogP contribution in [0, 0.1) is 0 Å². The molecule has 0 amide bonds. The summed E-state index contributed by atoms with van der Waals surface area (Å²) in [5.74, 6) is 0. The molecule has 2 unspecified atom stereocenters. The third-order valence-electron chi connectivity index (χ3n) is 4.05. The molecule has 0 aliphatic carbocycles. The fourth-order valence-electron chi connectivity index (χ4n) is 2.63. The Morgan fingerprint density at radius 3 is 1.27 bits per heavy atom. The van der Waals surface area contributed by atoms with E-state index in [1.807, 2.05) is 36.4 Å². The Balaban J connectivity index is 1.60. The molecule has 0 heterocycles. The SMILES string of the molecule is OC(CCc1ccccc1)CCC(O)CCc1ccccc1. The van der Waals surface area contributed by atoms with Crippen LogP contribution < -0.4 is 0 Å². The van der Waals surface area contributed by atoms with Gasteiger partial charge in [-0.25, -0.2) is 0 Å². The maximum Gasteiger partial charge on any atom is 0.0544 e. The van der Waals surface area contributed by atoms with E-state index in [4.69, 9.17) is 0 Å². The lowest BCUT2D eigenvalue weighted by molar-refractivity contribution is 0.104. The summed E-state index contributed by atoms with van der Waals surface area (Å²) < 4.78 is 0. The number of benzene rings is 2. The van der Waals surface area contributed by atoms with Crippen LogP contribution in [0.4, 0.5) is 0 Å². The minimum atomic E-state index is -0.327. The number of aliphatic hydroxyl groups is 2. The van der Waals surface area contributed by atoms with E-state index in [9.17, 15) is 10.2 Å². The molecule has 2 aromatic rings. The van der Waals surface area contributed by atoms with Crippen molar-refractivity contribution in [2.45, 2.75) is 50.7 Å². The highest BCUT2D eigenvalue weighted by molar-refractivity contribution is 5.15. The topological polar surface area (TPSA) is 40.5 Å². The van der Waals surface area contributed by atoms with Gasteiger partial charge < -0.3 is 10.2 Å². The Labute approximate surface area is 133 Å². The van der Waals surface area contributed by atoms with Crippen molar-refractivity contribution in [2.24, 2.45) is 0 Å². The molecule has 118 valence electrons. The van der Waals surface area contributed by atoms with Crippen molar-refractivity contribution >= 4 is 0 Å². The van der Waals surface area contributed by atoms with Crippen LogP contribution in [-0.4, -0.2) is 22.4 Å². The van der Waals surface area contributed by atoms with Gasteiger partial charge in [-0.3, -0.25) is 0 Å². The molecule has 2 rings (SSSR count). The van der Waals surface area contributed by atoms with E-state index >= 15 is 0 Å². The van der Waals surface area contributed by atoms with Gasteiger partial charge in [-0.2, -0.15) is 0 Å². The van der Waals surface area contributed by atoms with Crippen molar-refractivity contribution < 1.29 is 10.2 Å². The molecule has 0 aromatic heterocycles. The molecule has 22 heavy (non-hydrogen) atoms. The third kappa shape index (κ3) is 6.42. The van der Waals surface area contributed by atoms with Gasteiger partial charge in [0.25, 0.3) is 0 Å². The third-order valence-corrected chi connectivity index (χ3v) is 4.05. The van der Waals surface area contributed by atoms with Crippen LogP contribution in [0.2, 0.25) is 0 Å². The fraction of sp³-hybridized carbons (Fsp3) is 0.400. The van der Waals surface area contributed by atoms with E-state index in [0.717, 1.165) is 25.7 Å². The van der Waals surface area contributed by atoms with Crippen LogP contribution in [-0.2, 0) is 12.8 Å². The minimum Gasteiger partial charge on any atom is -0.393 e. The lowest BCUT2D eigenvalue weighted by Crippen LogP contribution is -2.14. The molecule has 0 spiro atoms. The van der Waals surface area contributed by atoms with Crippen LogP contribution in [0.5, 0.6) is 0 Å². The lowest BCUT2D eigenvalue weighted by atomic mass is 9.99. The van der Waals surface area contributed by atoms with Gasteiger partial charge in [-0.1, -0.05) is 60.7 Å². The van der Waals surface area contributed by atoms with E-state index in [-0.39, 0.29) is 12.2 Å². The largest absolute Gasteiger partial charge is 0.393 e. The maximum atomic E-state index is 10.0. The summed E-state index contributed by atoms with van der Waals surface area (Å²) in [5.41, 5.74) is 2.51. The minimum absolute atomic E-state index is 0.327. The molecule has 2 atom stereocenters. The Morgan fingerprint density at radius 1 is 0.545 bits per heavy atom. The van der Waals surface area contributed by atoms with Gasteiger partial charge in [-0.05, 0) is 49.7 Å². The van der Waals surface area contributed by atoms with Gasteiger partial charge in [0.2, 0.25) is 0 Å². The van der Waals surface area contributed by atoms with Gasteiger partial charge in [0.1, 0.15) is 0 Å². The Hall–Kier alpha value is -1.64. The van der Waals surface area contributed by atoms with E-state index in [1.54, 1.807) is 0 Å². The van der Waals surface area contributed by atoms with Gasteiger partial charge in [0.05, 0.1) is 12.2 Å². The molecule has 2 heteroatoms. The van der Waals surface area contributed by atoms with Crippen molar-refractivity contribution in [2.75, 3.05) is 0 Å². The Bertz CT molecular complexity index is 460. The molecule has 0 fully saturated rings. The Kier molecular flexibility index (Phi) is 7.14. The first-order valence-corrected chi connectivity index (χ1v) is 8.18. The molecular formula is C20H26O2. The van der Waals surface area contributed by atoms with E-state index in [1.165, 1.54) is 11.1 Å². The smallest absolute Gasteiger partial charge is 0.0544 e. The predicted octanol–water partition coefficient (Wildman–Crippen LogP) is 3.75. The average molecular weight is 298 g/mol. The zero-order valence-electron chi connectivity index (χ0n) is 13.1. The summed E-state index contributed by atoms with van der Waals surface area (Å²) in [6.07, 6.45) is 3.99. The van der Waals surface area contributed by atoms with Gasteiger partial charge >= 0.3 is 0 Å². The van der Waals surface area contributed by atoms with Crippen LogP contribution in [0.3, 0.4) is 0 Å². The van der Waals surface area contributed by atoms with Crippen LogP contribution in [0.15, 0.2) is 60.7 Å². The molecule has 0 saturated carbocycles. The number of rotatable bonds is 9. The lowest BCUT2D eigenvalue weighted by Gasteiger charge is -2.14. The van der Waals surface area contributed by atoms with Gasteiger partial charge in [0, 0.05) is 0 Å². The summed E-state index contributed by atoms with van der Waals surface area (Å²) in [4.78, 5) is 0. The molecule has 0 aliphatic heterocycles. The maximum absolute atomic E-state index is 10.0. The van der Waals surface area contributed by atoms with Crippen molar-refractivity contribution in [3.05, 3.63) is 71.8 Å². The van der Waals surface area contributed by atoms with Crippen LogP contribution in [0.25, 0.3) is 0 Å². The molecule has 2 aromatic carbocycles. The van der Waals surface area contributed by atoms with Gasteiger partial charge in [0.15, 0.2) is 0 Å². The van der Waals surface area contributed by atoms with Crippen molar-refractivity contribution in [1.29, 1.82) is 0 Å². The molecule has 0 aliphatic rings. The molecule has 0 radical (unpaired) electrons. The second-order valence-electron chi connectivity index (χ2n) is 5.93. The summed E-state index contributed by atoms with van der Waals surface area (Å²) in [7, 11) is 0. The van der Waals surface area contributed by atoms with E-state index < -0.39 is 0 Å². The molecular weight excluding hydrogens is 272 g/mol. The Morgan fingerprint density at radius 2 is 0.909 bits per heavy atom. The summed E-state index contributed by atoms with van der Waals surface area (Å²) in [6.45, 7) is 0. The van der Waals surface area contributed by atoms with E-state index in [2.05, 4.69) is 24.3 Å². The predicted molar refractivity (Wildman–Crippen MR) is 90.8 cm³/mol. The number of aryl methyl sites for hydroxylation is 2. The fourth-order valence-corrected chi connectivity index (χ4v) is 2.63. The normalized spacial score (nSPS) is 13.7. The van der Waals surface area contributed by atoms with Crippen molar-refractivity contribution in [3.63, 3.8) is 0 Å². The number of aliphatic hydroxyl groups excluding tert-OH is 2. The molecule has 0 saturated heterocycles. The molecule has 2 nitrogen and oxygen atoms in total. The monoisotopic (exact) mass is 298 g/mol. The van der Waals surface area contributed by atoms with E-state index in [0.29, 0.717) is 12.8 Å². The summed E-state index contributed by atoms with van der Waals surface area (Å²) in [5, 5.41) is 20.1.